The maximum absolute atomic E-state index is 13.1. The van der Waals surface area contributed by atoms with Crippen LogP contribution in [0.5, 0.6) is 0 Å². The number of H-pyrrole nitrogens is 1. The summed E-state index contributed by atoms with van der Waals surface area (Å²) in [5.74, 6) is 0.347. The molecule has 0 saturated carbocycles. The first-order valence-electron chi connectivity index (χ1n) is 8.74. The van der Waals surface area contributed by atoms with Crippen molar-refractivity contribution in [3.05, 3.63) is 75.8 Å². The van der Waals surface area contributed by atoms with Gasteiger partial charge in [-0.1, -0.05) is 30.3 Å². The number of benzene rings is 2. The van der Waals surface area contributed by atoms with Crippen molar-refractivity contribution in [2.24, 2.45) is 0 Å². The predicted molar refractivity (Wildman–Crippen MR) is 110 cm³/mol. The highest BCUT2D eigenvalue weighted by atomic mass is 79.9. The van der Waals surface area contributed by atoms with Crippen molar-refractivity contribution in [2.45, 2.75) is 24.8 Å². The Labute approximate surface area is 176 Å². The monoisotopic (exact) mass is 478 g/mol. The van der Waals surface area contributed by atoms with E-state index in [9.17, 15) is 13.2 Å². The highest BCUT2D eigenvalue weighted by Gasteiger charge is 2.27. The van der Waals surface area contributed by atoms with Gasteiger partial charge in [-0.05, 0) is 53.5 Å². The van der Waals surface area contributed by atoms with E-state index in [4.69, 9.17) is 4.74 Å². The Morgan fingerprint density at radius 1 is 1.24 bits per heavy atom. The molecule has 2 aromatic carbocycles. The summed E-state index contributed by atoms with van der Waals surface area (Å²) in [4.78, 5) is 16.1. The van der Waals surface area contributed by atoms with Crippen LogP contribution in [0.1, 0.15) is 40.5 Å². The molecule has 1 heterocycles. The molecule has 0 aliphatic heterocycles. The molecule has 3 aromatic rings. The second-order valence-corrected chi connectivity index (χ2v) is 8.65. The van der Waals surface area contributed by atoms with Gasteiger partial charge in [0.05, 0.1) is 17.1 Å². The smallest absolute Gasteiger partial charge is 0.338 e. The Kier molecular flexibility index (Phi) is 6.46. The Bertz CT molecular complexity index is 1120. The van der Waals surface area contributed by atoms with Crippen molar-refractivity contribution >= 4 is 31.9 Å². The van der Waals surface area contributed by atoms with E-state index in [1.54, 1.807) is 38.1 Å². The minimum atomic E-state index is -3.97. The average molecular weight is 479 g/mol. The summed E-state index contributed by atoms with van der Waals surface area (Å²) in [6.07, 6.45) is 0. The number of nitrogens with zero attached hydrogens (tertiary/aromatic N) is 2. The molecule has 0 amide bonds. The lowest BCUT2D eigenvalue weighted by atomic mass is 10.1. The van der Waals surface area contributed by atoms with Gasteiger partial charge in [0.2, 0.25) is 10.0 Å². The van der Waals surface area contributed by atoms with Gasteiger partial charge in [0, 0.05) is 4.47 Å². The zero-order chi connectivity index (χ0) is 21.0. The molecule has 0 fully saturated rings. The van der Waals surface area contributed by atoms with Crippen LogP contribution in [0.4, 0.5) is 0 Å². The predicted octanol–water partition coefficient (Wildman–Crippen LogP) is 3.12. The first kappa shape index (κ1) is 21.2. The van der Waals surface area contributed by atoms with Crippen LogP contribution in [0.25, 0.3) is 0 Å². The van der Waals surface area contributed by atoms with Gasteiger partial charge in [0.25, 0.3) is 0 Å². The molecule has 1 unspecified atom stereocenters. The number of sulfonamides is 1. The molecule has 0 aliphatic carbocycles. The summed E-state index contributed by atoms with van der Waals surface area (Å²) in [5, 5.41) is 6.85. The molecule has 0 bridgehead atoms. The second-order valence-electron chi connectivity index (χ2n) is 6.11. The molecule has 8 nitrogen and oxygen atoms in total. The number of carbonyl (C=O) groups excluding carboxylic acids is 1. The minimum Gasteiger partial charge on any atom is -0.462 e. The SMILES string of the molecule is CCOC(=O)c1ccc(S(=O)(=O)NC(c2ccccc2)c2n[nH]c(C)n2)c(Br)c1. The second kappa shape index (κ2) is 8.85. The van der Waals surface area contributed by atoms with Gasteiger partial charge in [-0.25, -0.2) is 18.2 Å². The van der Waals surface area contributed by atoms with Crippen LogP contribution in [-0.4, -0.2) is 36.2 Å². The molecule has 0 radical (unpaired) electrons. The quantitative estimate of drug-likeness (QED) is 0.504. The molecule has 3 rings (SSSR count). The molecule has 0 saturated heterocycles. The fourth-order valence-corrected chi connectivity index (χ4v) is 4.94. The summed E-state index contributed by atoms with van der Waals surface area (Å²) < 4.78 is 34.0. The van der Waals surface area contributed by atoms with E-state index in [-0.39, 0.29) is 21.5 Å². The fourth-order valence-electron chi connectivity index (χ4n) is 2.68. The van der Waals surface area contributed by atoms with Crippen molar-refractivity contribution in [3.8, 4) is 0 Å². The van der Waals surface area contributed by atoms with Gasteiger partial charge >= 0.3 is 5.97 Å². The van der Waals surface area contributed by atoms with Crippen LogP contribution in [0, 0.1) is 6.92 Å². The molecule has 0 aliphatic rings. The topological polar surface area (TPSA) is 114 Å². The lowest BCUT2D eigenvalue weighted by Crippen LogP contribution is -2.30. The zero-order valence-corrected chi connectivity index (χ0v) is 18.1. The number of ether oxygens (including phenoxy) is 1. The van der Waals surface area contributed by atoms with Crippen LogP contribution in [0.15, 0.2) is 57.9 Å². The summed E-state index contributed by atoms with van der Waals surface area (Å²) in [6.45, 7) is 3.66. The van der Waals surface area contributed by atoms with Crippen LogP contribution in [0.2, 0.25) is 0 Å². The molecule has 152 valence electrons. The number of hydrogen-bond donors (Lipinski definition) is 2. The van der Waals surface area contributed by atoms with Crippen molar-refractivity contribution in [1.82, 2.24) is 19.9 Å². The van der Waals surface area contributed by atoms with Gasteiger partial charge in [0.1, 0.15) is 11.9 Å². The summed E-state index contributed by atoms with van der Waals surface area (Å²) in [7, 11) is -3.97. The van der Waals surface area contributed by atoms with Gasteiger partial charge in [0.15, 0.2) is 5.82 Å². The van der Waals surface area contributed by atoms with Crippen LogP contribution in [-0.2, 0) is 14.8 Å². The normalized spacial score (nSPS) is 12.5. The minimum absolute atomic E-state index is 0.0151. The third-order valence-corrected chi connectivity index (χ3v) is 6.41. The molecule has 10 heteroatoms. The number of esters is 1. The third kappa shape index (κ3) is 4.89. The van der Waals surface area contributed by atoms with E-state index in [2.05, 4.69) is 35.8 Å². The number of aryl methyl sites for hydroxylation is 1. The Balaban J connectivity index is 1.96. The van der Waals surface area contributed by atoms with Gasteiger partial charge < -0.3 is 4.74 Å². The molecule has 1 atom stereocenters. The average Bonchev–Trinajstić information content (AvgIpc) is 3.13. The van der Waals surface area contributed by atoms with Crippen LogP contribution in [0.3, 0.4) is 0 Å². The Morgan fingerprint density at radius 3 is 2.55 bits per heavy atom. The maximum atomic E-state index is 13.1. The molecule has 2 N–H and O–H groups in total. The number of nitrogens with one attached hydrogen (secondary N) is 2. The number of aromatic nitrogens is 3. The molecular weight excluding hydrogens is 460 g/mol. The molecule has 29 heavy (non-hydrogen) atoms. The van der Waals surface area contributed by atoms with Crippen LogP contribution >= 0.6 is 15.9 Å². The standard InChI is InChI=1S/C19H19BrN4O4S/c1-3-28-19(25)14-9-10-16(15(20)11-14)29(26,27)24-17(13-7-5-4-6-8-13)18-21-12(2)22-23-18/h4-11,17,24H,3H2,1-2H3,(H,21,22,23). The van der Waals surface area contributed by atoms with E-state index < -0.39 is 22.0 Å². The Hall–Kier alpha value is -2.56. The first-order valence-corrected chi connectivity index (χ1v) is 11.0. The van der Waals surface area contributed by atoms with Crippen LogP contribution < -0.4 is 4.72 Å². The number of rotatable bonds is 7. The van der Waals surface area contributed by atoms with Gasteiger partial charge in [-0.15, -0.1) is 0 Å². The number of carbonyl (C=O) groups is 1. The number of hydrogen-bond acceptors (Lipinski definition) is 6. The summed E-state index contributed by atoms with van der Waals surface area (Å²) in [5.41, 5.74) is 0.941. The van der Waals surface area contributed by atoms with Crippen molar-refractivity contribution < 1.29 is 17.9 Å². The summed E-state index contributed by atoms with van der Waals surface area (Å²) >= 11 is 3.24. The fraction of sp³-hybridized carbons (Fsp3) is 0.211. The largest absolute Gasteiger partial charge is 0.462 e. The van der Waals surface area contributed by atoms with E-state index in [0.717, 1.165) is 0 Å². The van der Waals surface area contributed by atoms with Gasteiger partial charge in [-0.2, -0.15) is 9.82 Å². The summed E-state index contributed by atoms with van der Waals surface area (Å²) in [6, 6.07) is 12.4. The lowest BCUT2D eigenvalue weighted by molar-refractivity contribution is 0.0526. The van der Waals surface area contributed by atoms with E-state index in [1.165, 1.54) is 18.2 Å². The van der Waals surface area contributed by atoms with Crippen molar-refractivity contribution in [2.75, 3.05) is 6.61 Å². The van der Waals surface area contributed by atoms with Crippen molar-refractivity contribution in [1.29, 1.82) is 0 Å². The van der Waals surface area contributed by atoms with Crippen molar-refractivity contribution in [3.63, 3.8) is 0 Å². The van der Waals surface area contributed by atoms with E-state index in [0.29, 0.717) is 17.2 Å². The third-order valence-electron chi connectivity index (χ3n) is 4.01. The number of halogens is 1. The van der Waals surface area contributed by atoms with E-state index >= 15 is 0 Å². The van der Waals surface area contributed by atoms with E-state index in [1.807, 2.05) is 6.07 Å². The zero-order valence-electron chi connectivity index (χ0n) is 15.7. The maximum Gasteiger partial charge on any atom is 0.338 e. The molecular formula is C19H19BrN4O4S. The highest BCUT2D eigenvalue weighted by molar-refractivity contribution is 9.10. The number of aromatic amines is 1. The molecule has 0 spiro atoms. The Morgan fingerprint density at radius 2 is 1.97 bits per heavy atom. The lowest BCUT2D eigenvalue weighted by Gasteiger charge is -2.17. The first-order chi connectivity index (χ1) is 13.8. The highest BCUT2D eigenvalue weighted by Crippen LogP contribution is 2.27. The van der Waals surface area contributed by atoms with Gasteiger partial charge in [-0.3, -0.25) is 5.10 Å². The molecule has 1 aromatic heterocycles.